The lowest BCUT2D eigenvalue weighted by atomic mass is 9.93. The van der Waals surface area contributed by atoms with Crippen molar-refractivity contribution in [3.05, 3.63) is 97.2 Å². The molecule has 1 amide bonds. The second-order valence-electron chi connectivity index (χ2n) is 7.38. The Hall–Kier alpha value is -1.97. The summed E-state index contributed by atoms with van der Waals surface area (Å²) in [5.41, 5.74) is -2.04. The SMILES string of the molecule is CS(=O)(=O)c1cc(Cl)ccc1CN1C(=O)c2ccc(Br)c(F)c2C1(O)c1ccc(Cl)cc1. The minimum absolute atomic E-state index is 0.0296. The van der Waals surface area contributed by atoms with Crippen LogP contribution < -0.4 is 0 Å². The third-order valence-electron chi connectivity index (χ3n) is 5.31. The topological polar surface area (TPSA) is 74.7 Å². The summed E-state index contributed by atoms with van der Waals surface area (Å²) in [4.78, 5) is 14.3. The average Bonchev–Trinajstić information content (AvgIpc) is 2.94. The molecule has 3 aromatic carbocycles. The van der Waals surface area contributed by atoms with Crippen molar-refractivity contribution < 1.29 is 22.7 Å². The quantitative estimate of drug-likeness (QED) is 0.480. The number of sulfone groups is 1. The first-order valence-electron chi connectivity index (χ1n) is 9.22. The summed E-state index contributed by atoms with van der Waals surface area (Å²) in [6.45, 7) is -0.316. The van der Waals surface area contributed by atoms with E-state index in [1.165, 1.54) is 54.6 Å². The van der Waals surface area contributed by atoms with Gasteiger partial charge in [-0.25, -0.2) is 12.8 Å². The molecule has 1 heterocycles. The molecular formula is C22H15BrCl2FNO4S. The molecule has 1 aliphatic rings. The van der Waals surface area contributed by atoms with Gasteiger partial charge in [-0.3, -0.25) is 9.69 Å². The van der Waals surface area contributed by atoms with E-state index in [1.54, 1.807) is 0 Å². The average molecular weight is 559 g/mol. The lowest BCUT2D eigenvalue weighted by Gasteiger charge is -2.35. The maximum Gasteiger partial charge on any atom is 0.257 e. The molecule has 0 aliphatic carbocycles. The zero-order valence-electron chi connectivity index (χ0n) is 16.4. The third kappa shape index (κ3) is 3.74. The highest BCUT2D eigenvalue weighted by atomic mass is 79.9. The first-order valence-corrected chi connectivity index (χ1v) is 12.7. The largest absolute Gasteiger partial charge is 0.363 e. The fraction of sp³-hybridized carbons (Fsp3) is 0.136. The fourth-order valence-electron chi connectivity index (χ4n) is 3.84. The molecular weight excluding hydrogens is 544 g/mol. The number of hydrogen-bond acceptors (Lipinski definition) is 4. The summed E-state index contributed by atoms with van der Waals surface area (Å²) in [6, 6.07) is 13.0. The summed E-state index contributed by atoms with van der Waals surface area (Å²) in [5, 5.41) is 12.5. The maximum atomic E-state index is 15.2. The molecule has 0 aromatic heterocycles. The van der Waals surface area contributed by atoms with Crippen LogP contribution in [0.3, 0.4) is 0 Å². The zero-order chi connectivity index (χ0) is 23.4. The van der Waals surface area contributed by atoms with Crippen molar-refractivity contribution in [1.82, 2.24) is 4.90 Å². The van der Waals surface area contributed by atoms with E-state index in [9.17, 15) is 18.3 Å². The van der Waals surface area contributed by atoms with E-state index in [4.69, 9.17) is 23.2 Å². The van der Waals surface area contributed by atoms with E-state index in [2.05, 4.69) is 15.9 Å². The van der Waals surface area contributed by atoms with Gasteiger partial charge in [0.2, 0.25) is 0 Å². The Kier molecular flexibility index (Phi) is 5.88. The first kappa shape index (κ1) is 23.2. The predicted molar refractivity (Wildman–Crippen MR) is 123 cm³/mol. The highest BCUT2D eigenvalue weighted by Crippen LogP contribution is 2.46. The van der Waals surface area contributed by atoms with Crippen LogP contribution in [-0.4, -0.2) is 30.6 Å². The normalized spacial score (nSPS) is 18.2. The summed E-state index contributed by atoms with van der Waals surface area (Å²) < 4.78 is 40.0. The van der Waals surface area contributed by atoms with E-state index in [1.807, 2.05) is 0 Å². The van der Waals surface area contributed by atoms with Gasteiger partial charge in [0.25, 0.3) is 5.91 Å². The molecule has 0 saturated heterocycles. The van der Waals surface area contributed by atoms with E-state index in [0.717, 1.165) is 11.2 Å². The van der Waals surface area contributed by atoms with Gasteiger partial charge in [0, 0.05) is 21.9 Å². The van der Waals surface area contributed by atoms with Crippen molar-refractivity contribution in [1.29, 1.82) is 0 Å². The van der Waals surface area contributed by atoms with Gasteiger partial charge in [-0.1, -0.05) is 41.4 Å². The first-order chi connectivity index (χ1) is 14.9. The van der Waals surface area contributed by atoms with Crippen LogP contribution in [0.5, 0.6) is 0 Å². The molecule has 1 atom stereocenters. The number of amides is 1. The van der Waals surface area contributed by atoms with Crippen LogP contribution in [0.4, 0.5) is 4.39 Å². The molecule has 4 rings (SSSR count). The Morgan fingerprint density at radius 1 is 1.06 bits per heavy atom. The minimum atomic E-state index is -3.71. The van der Waals surface area contributed by atoms with Gasteiger partial charge in [0.05, 0.1) is 27.0 Å². The van der Waals surface area contributed by atoms with E-state index in [0.29, 0.717) is 5.02 Å². The second kappa shape index (κ2) is 8.11. The number of rotatable bonds is 4. The minimum Gasteiger partial charge on any atom is -0.363 e. The molecule has 0 bridgehead atoms. The Balaban J connectivity index is 1.95. The van der Waals surface area contributed by atoms with Crippen LogP contribution in [0.25, 0.3) is 0 Å². The molecule has 1 N–H and O–H groups in total. The van der Waals surface area contributed by atoms with Gasteiger partial charge in [0.1, 0.15) is 5.82 Å². The van der Waals surface area contributed by atoms with Crippen molar-refractivity contribution >= 4 is 54.9 Å². The highest BCUT2D eigenvalue weighted by Gasteiger charge is 2.52. The Bertz CT molecular complexity index is 1370. The standard InChI is InChI=1S/C22H15BrCl2FNO4S/c1-32(30,31)18-10-15(25)5-2-12(18)11-27-21(28)16-8-9-17(23)20(26)19(16)22(27,29)13-3-6-14(24)7-4-13/h2-10,29H,11H2,1H3. The number of hydrogen-bond donors (Lipinski definition) is 1. The van der Waals surface area contributed by atoms with Gasteiger partial charge in [-0.15, -0.1) is 0 Å². The lowest BCUT2D eigenvalue weighted by Crippen LogP contribution is -2.44. The fourth-order valence-corrected chi connectivity index (χ4v) is 5.48. The molecule has 32 heavy (non-hydrogen) atoms. The number of halogens is 4. The number of fused-ring (bicyclic) bond motifs is 1. The zero-order valence-corrected chi connectivity index (χ0v) is 20.4. The van der Waals surface area contributed by atoms with Gasteiger partial charge >= 0.3 is 0 Å². The van der Waals surface area contributed by atoms with Gasteiger partial charge in [0.15, 0.2) is 15.6 Å². The summed E-state index contributed by atoms with van der Waals surface area (Å²) >= 11 is 15.1. The Morgan fingerprint density at radius 3 is 2.31 bits per heavy atom. The predicted octanol–water partition coefficient (Wildman–Crippen LogP) is 5.15. The van der Waals surface area contributed by atoms with Crippen molar-refractivity contribution in [3.8, 4) is 0 Å². The van der Waals surface area contributed by atoms with Crippen LogP contribution in [0.1, 0.15) is 27.0 Å². The molecule has 10 heteroatoms. The van der Waals surface area contributed by atoms with E-state index < -0.39 is 27.3 Å². The monoisotopic (exact) mass is 557 g/mol. The molecule has 0 saturated carbocycles. The van der Waals surface area contributed by atoms with Gasteiger partial charge in [-0.05, 0) is 57.9 Å². The molecule has 0 spiro atoms. The van der Waals surface area contributed by atoms with Crippen molar-refractivity contribution in [2.75, 3.05) is 6.26 Å². The summed E-state index contributed by atoms with van der Waals surface area (Å²) in [6.07, 6.45) is 1.02. The van der Waals surface area contributed by atoms with Crippen LogP contribution in [0, 0.1) is 5.82 Å². The van der Waals surface area contributed by atoms with Gasteiger partial charge < -0.3 is 5.11 Å². The third-order valence-corrected chi connectivity index (χ3v) is 7.59. The molecule has 0 fully saturated rings. The Morgan fingerprint density at radius 2 is 1.69 bits per heavy atom. The van der Waals surface area contributed by atoms with Crippen LogP contribution in [0.15, 0.2) is 64.0 Å². The number of aliphatic hydroxyl groups is 1. The Labute approximate surface area is 202 Å². The molecule has 1 aliphatic heterocycles. The number of nitrogens with zero attached hydrogens (tertiary/aromatic N) is 1. The molecule has 1 unspecified atom stereocenters. The van der Waals surface area contributed by atoms with Crippen molar-refractivity contribution in [2.45, 2.75) is 17.2 Å². The summed E-state index contributed by atoms with van der Waals surface area (Å²) in [7, 11) is -3.71. The summed E-state index contributed by atoms with van der Waals surface area (Å²) in [5.74, 6) is -1.45. The highest BCUT2D eigenvalue weighted by molar-refractivity contribution is 9.10. The molecule has 166 valence electrons. The number of carbonyl (C=O) groups excluding carboxylic acids is 1. The van der Waals surface area contributed by atoms with Crippen molar-refractivity contribution in [2.24, 2.45) is 0 Å². The van der Waals surface area contributed by atoms with Crippen molar-refractivity contribution in [3.63, 3.8) is 0 Å². The van der Waals surface area contributed by atoms with Crippen LogP contribution in [0.2, 0.25) is 10.0 Å². The van der Waals surface area contributed by atoms with Gasteiger partial charge in [-0.2, -0.15) is 0 Å². The smallest absolute Gasteiger partial charge is 0.257 e. The van der Waals surface area contributed by atoms with E-state index in [-0.39, 0.29) is 43.2 Å². The maximum absolute atomic E-state index is 15.2. The molecule has 5 nitrogen and oxygen atoms in total. The number of benzene rings is 3. The van der Waals surface area contributed by atoms with Crippen LogP contribution in [-0.2, 0) is 22.1 Å². The van der Waals surface area contributed by atoms with E-state index >= 15 is 4.39 Å². The molecule has 0 radical (unpaired) electrons. The van der Waals surface area contributed by atoms with Crippen LogP contribution >= 0.6 is 39.1 Å². The lowest BCUT2D eigenvalue weighted by molar-refractivity contribution is -0.0565. The molecule has 3 aromatic rings. The number of carbonyl (C=O) groups is 1. The second-order valence-corrected chi connectivity index (χ2v) is 11.1.